The highest BCUT2D eigenvalue weighted by molar-refractivity contribution is 5.81. The summed E-state index contributed by atoms with van der Waals surface area (Å²) in [5, 5.41) is 3.13. The number of rotatable bonds is 5. The van der Waals surface area contributed by atoms with Crippen molar-refractivity contribution in [2.75, 3.05) is 0 Å². The molecule has 20 heavy (non-hydrogen) atoms. The molecule has 0 aromatic heterocycles. The summed E-state index contributed by atoms with van der Waals surface area (Å²) in [6, 6.07) is 10.2. The van der Waals surface area contributed by atoms with Crippen LogP contribution in [0.2, 0.25) is 0 Å². The summed E-state index contributed by atoms with van der Waals surface area (Å²) in [6.07, 6.45) is 8.84. The molecule has 0 saturated heterocycles. The standard InChI is InChI=1S/C17H26N2O/c18-16(13-12-14-8-4-3-5-9-14)17(20)19-15-10-6-1-2-7-11-15/h3-5,8-9,15-16H,1-2,6-7,10-13,18H2,(H,19,20). The number of nitrogens with two attached hydrogens (primary N) is 1. The Morgan fingerprint density at radius 1 is 1.15 bits per heavy atom. The van der Waals surface area contributed by atoms with E-state index in [-0.39, 0.29) is 5.91 Å². The second-order valence-electron chi connectivity index (χ2n) is 5.83. The fourth-order valence-electron chi connectivity index (χ4n) is 2.83. The largest absolute Gasteiger partial charge is 0.352 e. The van der Waals surface area contributed by atoms with Gasteiger partial charge >= 0.3 is 0 Å². The molecule has 1 aromatic carbocycles. The molecule has 110 valence electrons. The van der Waals surface area contributed by atoms with Crippen LogP contribution in [0.5, 0.6) is 0 Å². The number of carbonyl (C=O) groups is 1. The molecule has 3 heteroatoms. The molecule has 1 atom stereocenters. The van der Waals surface area contributed by atoms with E-state index in [9.17, 15) is 4.79 Å². The zero-order valence-electron chi connectivity index (χ0n) is 12.2. The average Bonchev–Trinajstić information content (AvgIpc) is 2.74. The Morgan fingerprint density at radius 2 is 1.80 bits per heavy atom. The van der Waals surface area contributed by atoms with Crippen LogP contribution < -0.4 is 11.1 Å². The predicted molar refractivity (Wildman–Crippen MR) is 82.4 cm³/mol. The number of hydrogen-bond donors (Lipinski definition) is 2. The third-order valence-electron chi connectivity index (χ3n) is 4.13. The van der Waals surface area contributed by atoms with Crippen molar-refractivity contribution in [2.24, 2.45) is 5.73 Å². The van der Waals surface area contributed by atoms with Gasteiger partial charge in [0.15, 0.2) is 0 Å². The molecular weight excluding hydrogens is 248 g/mol. The van der Waals surface area contributed by atoms with Gasteiger partial charge in [0, 0.05) is 6.04 Å². The Labute approximate surface area is 121 Å². The van der Waals surface area contributed by atoms with Gasteiger partial charge in [0.05, 0.1) is 6.04 Å². The molecular formula is C17H26N2O. The van der Waals surface area contributed by atoms with Gasteiger partial charge in [0.25, 0.3) is 0 Å². The van der Waals surface area contributed by atoms with Crippen molar-refractivity contribution in [1.29, 1.82) is 0 Å². The van der Waals surface area contributed by atoms with Gasteiger partial charge in [0.1, 0.15) is 0 Å². The summed E-state index contributed by atoms with van der Waals surface area (Å²) in [4.78, 5) is 12.1. The molecule has 0 spiro atoms. The number of hydrogen-bond acceptors (Lipinski definition) is 2. The third kappa shape index (κ3) is 4.97. The maximum atomic E-state index is 12.1. The van der Waals surface area contributed by atoms with E-state index in [1.165, 1.54) is 31.2 Å². The Morgan fingerprint density at radius 3 is 2.45 bits per heavy atom. The van der Waals surface area contributed by atoms with Crippen molar-refractivity contribution < 1.29 is 4.79 Å². The van der Waals surface area contributed by atoms with Crippen molar-refractivity contribution in [2.45, 2.75) is 63.5 Å². The lowest BCUT2D eigenvalue weighted by Gasteiger charge is -2.19. The first-order chi connectivity index (χ1) is 9.75. The zero-order chi connectivity index (χ0) is 14.2. The maximum Gasteiger partial charge on any atom is 0.237 e. The molecule has 2 rings (SSSR count). The van der Waals surface area contributed by atoms with E-state index in [1.54, 1.807) is 0 Å². The molecule has 1 aliphatic carbocycles. The maximum absolute atomic E-state index is 12.1. The molecule has 1 aromatic rings. The van der Waals surface area contributed by atoms with Crippen molar-refractivity contribution in [3.05, 3.63) is 35.9 Å². The SMILES string of the molecule is NC(CCc1ccccc1)C(=O)NC1CCCCCC1. The average molecular weight is 274 g/mol. The van der Waals surface area contributed by atoms with Crippen LogP contribution in [0.3, 0.4) is 0 Å². The Balaban J connectivity index is 1.73. The lowest BCUT2D eigenvalue weighted by atomic mass is 10.0. The molecule has 1 unspecified atom stereocenters. The second kappa shape index (κ2) is 8.05. The number of nitrogens with one attached hydrogen (secondary N) is 1. The van der Waals surface area contributed by atoms with Crippen LogP contribution >= 0.6 is 0 Å². The van der Waals surface area contributed by atoms with E-state index in [1.807, 2.05) is 18.2 Å². The van der Waals surface area contributed by atoms with Crippen LogP contribution in [0.1, 0.15) is 50.5 Å². The normalized spacial score (nSPS) is 18.2. The fraction of sp³-hybridized carbons (Fsp3) is 0.588. The Bertz CT molecular complexity index is 397. The van der Waals surface area contributed by atoms with E-state index in [0.717, 1.165) is 19.3 Å². The number of benzene rings is 1. The van der Waals surface area contributed by atoms with Crippen molar-refractivity contribution in [3.63, 3.8) is 0 Å². The quantitative estimate of drug-likeness (QED) is 0.811. The van der Waals surface area contributed by atoms with Crippen LogP contribution in [0.25, 0.3) is 0 Å². The predicted octanol–water partition coefficient (Wildman–Crippen LogP) is 2.79. The van der Waals surface area contributed by atoms with Gasteiger partial charge in [-0.2, -0.15) is 0 Å². The van der Waals surface area contributed by atoms with Gasteiger partial charge < -0.3 is 11.1 Å². The Kier molecular flexibility index (Phi) is 6.06. The lowest BCUT2D eigenvalue weighted by molar-refractivity contribution is -0.123. The van der Waals surface area contributed by atoms with Crippen molar-refractivity contribution >= 4 is 5.91 Å². The minimum absolute atomic E-state index is 0.0211. The van der Waals surface area contributed by atoms with E-state index >= 15 is 0 Å². The smallest absolute Gasteiger partial charge is 0.237 e. The molecule has 3 nitrogen and oxygen atoms in total. The van der Waals surface area contributed by atoms with Gasteiger partial charge in [-0.15, -0.1) is 0 Å². The molecule has 0 heterocycles. The topological polar surface area (TPSA) is 55.1 Å². The molecule has 0 bridgehead atoms. The van der Waals surface area contributed by atoms with E-state index in [4.69, 9.17) is 5.73 Å². The number of carbonyl (C=O) groups excluding carboxylic acids is 1. The van der Waals surface area contributed by atoms with E-state index in [0.29, 0.717) is 12.5 Å². The van der Waals surface area contributed by atoms with Gasteiger partial charge in [-0.3, -0.25) is 4.79 Å². The highest BCUT2D eigenvalue weighted by Gasteiger charge is 2.19. The van der Waals surface area contributed by atoms with Gasteiger partial charge in [-0.1, -0.05) is 56.0 Å². The molecule has 1 saturated carbocycles. The molecule has 1 amide bonds. The molecule has 3 N–H and O–H groups in total. The van der Waals surface area contributed by atoms with Crippen molar-refractivity contribution in [3.8, 4) is 0 Å². The summed E-state index contributed by atoms with van der Waals surface area (Å²) in [7, 11) is 0. The van der Waals surface area contributed by atoms with Crippen LogP contribution in [0, 0.1) is 0 Å². The third-order valence-corrected chi connectivity index (χ3v) is 4.13. The highest BCUT2D eigenvalue weighted by Crippen LogP contribution is 2.17. The van der Waals surface area contributed by atoms with Crippen LogP contribution in [-0.2, 0) is 11.2 Å². The first-order valence-corrected chi connectivity index (χ1v) is 7.85. The van der Waals surface area contributed by atoms with Gasteiger partial charge in [0.2, 0.25) is 5.91 Å². The first kappa shape index (κ1) is 15.0. The summed E-state index contributed by atoms with van der Waals surface area (Å²) in [5.41, 5.74) is 7.25. The van der Waals surface area contributed by atoms with Crippen LogP contribution in [-0.4, -0.2) is 18.0 Å². The number of amides is 1. The molecule has 0 aliphatic heterocycles. The van der Waals surface area contributed by atoms with Gasteiger partial charge in [-0.25, -0.2) is 0 Å². The zero-order valence-corrected chi connectivity index (χ0v) is 12.2. The summed E-state index contributed by atoms with van der Waals surface area (Å²) < 4.78 is 0. The van der Waals surface area contributed by atoms with E-state index < -0.39 is 6.04 Å². The van der Waals surface area contributed by atoms with Crippen molar-refractivity contribution in [1.82, 2.24) is 5.32 Å². The Hall–Kier alpha value is -1.35. The summed E-state index contributed by atoms with van der Waals surface area (Å²) in [5.74, 6) is 0.0211. The minimum atomic E-state index is -0.390. The van der Waals surface area contributed by atoms with Crippen LogP contribution in [0.4, 0.5) is 0 Å². The van der Waals surface area contributed by atoms with Gasteiger partial charge in [-0.05, 0) is 31.2 Å². The van der Waals surface area contributed by atoms with E-state index in [2.05, 4.69) is 17.4 Å². The lowest BCUT2D eigenvalue weighted by Crippen LogP contribution is -2.45. The fourth-order valence-corrected chi connectivity index (χ4v) is 2.83. The molecule has 1 fully saturated rings. The molecule has 0 radical (unpaired) electrons. The minimum Gasteiger partial charge on any atom is -0.352 e. The van der Waals surface area contributed by atoms with Crippen LogP contribution in [0.15, 0.2) is 30.3 Å². The second-order valence-corrected chi connectivity index (χ2v) is 5.83. The highest BCUT2D eigenvalue weighted by atomic mass is 16.2. The summed E-state index contributed by atoms with van der Waals surface area (Å²) in [6.45, 7) is 0. The summed E-state index contributed by atoms with van der Waals surface area (Å²) >= 11 is 0. The first-order valence-electron chi connectivity index (χ1n) is 7.85. The molecule has 1 aliphatic rings. The monoisotopic (exact) mass is 274 g/mol. The number of aryl methyl sites for hydroxylation is 1.